The number of imidazole rings is 1. The normalized spacial score (nSPS) is 12.5. The van der Waals surface area contributed by atoms with Gasteiger partial charge in [-0.15, -0.1) is 11.3 Å². The Morgan fingerprint density at radius 3 is 2.72 bits per heavy atom. The van der Waals surface area contributed by atoms with Crippen LogP contribution >= 0.6 is 22.9 Å². The summed E-state index contributed by atoms with van der Waals surface area (Å²) < 4.78 is 3.50. The van der Waals surface area contributed by atoms with Crippen LogP contribution in [0.1, 0.15) is 17.8 Å². The largest absolute Gasteiger partial charge is 0.347 e. The molecular formula is C15H16ClN5O3S. The lowest BCUT2D eigenvalue weighted by atomic mass is 10.3. The van der Waals surface area contributed by atoms with E-state index in [9.17, 15) is 14.4 Å². The van der Waals surface area contributed by atoms with Crippen LogP contribution in [0.15, 0.2) is 27.1 Å². The zero-order chi connectivity index (χ0) is 18.3. The highest BCUT2D eigenvalue weighted by Crippen LogP contribution is 2.19. The van der Waals surface area contributed by atoms with Crippen molar-refractivity contribution in [1.82, 2.24) is 24.0 Å². The average Bonchev–Trinajstić information content (AvgIpc) is 3.20. The topological polar surface area (TPSA) is 90.9 Å². The Morgan fingerprint density at radius 1 is 1.36 bits per heavy atom. The van der Waals surface area contributed by atoms with Crippen LogP contribution in [0.2, 0.25) is 5.28 Å². The summed E-state index contributed by atoms with van der Waals surface area (Å²) in [7, 11) is 2.87. The van der Waals surface area contributed by atoms with Crippen LogP contribution in [-0.2, 0) is 25.4 Å². The molecule has 3 aromatic heterocycles. The molecule has 3 aromatic rings. The van der Waals surface area contributed by atoms with Crippen molar-refractivity contribution >= 4 is 40.0 Å². The quantitative estimate of drug-likeness (QED) is 0.683. The Hall–Kier alpha value is -2.39. The molecule has 3 heterocycles. The van der Waals surface area contributed by atoms with Crippen molar-refractivity contribution in [3.63, 3.8) is 0 Å². The molecule has 1 N–H and O–H groups in total. The highest BCUT2D eigenvalue weighted by molar-refractivity contribution is 7.10. The number of aromatic nitrogens is 4. The van der Waals surface area contributed by atoms with Gasteiger partial charge in [-0.3, -0.25) is 23.3 Å². The number of carbonyl (C=O) groups is 1. The Morgan fingerprint density at radius 2 is 2.08 bits per heavy atom. The number of carbonyl (C=O) groups excluding carboxylic acids is 1. The molecule has 3 rings (SSSR count). The molecule has 0 bridgehead atoms. The van der Waals surface area contributed by atoms with Gasteiger partial charge in [-0.05, 0) is 30.0 Å². The number of aryl methyl sites for hydroxylation is 1. The monoisotopic (exact) mass is 381 g/mol. The number of fused-ring (bicyclic) bond motifs is 1. The van der Waals surface area contributed by atoms with Crippen LogP contribution in [0, 0.1) is 0 Å². The second-order valence-electron chi connectivity index (χ2n) is 5.65. The van der Waals surface area contributed by atoms with E-state index in [0.29, 0.717) is 0 Å². The first-order chi connectivity index (χ1) is 11.8. The number of rotatable bonds is 4. The van der Waals surface area contributed by atoms with Crippen molar-refractivity contribution in [3.8, 4) is 0 Å². The Balaban J connectivity index is 1.97. The molecule has 0 aliphatic heterocycles. The van der Waals surface area contributed by atoms with Gasteiger partial charge in [0.05, 0.1) is 6.04 Å². The van der Waals surface area contributed by atoms with E-state index in [0.717, 1.165) is 9.44 Å². The third-order valence-electron chi connectivity index (χ3n) is 3.95. The van der Waals surface area contributed by atoms with Crippen LogP contribution in [0.4, 0.5) is 0 Å². The second kappa shape index (κ2) is 6.49. The van der Waals surface area contributed by atoms with Crippen molar-refractivity contribution < 1.29 is 4.79 Å². The number of halogens is 1. The van der Waals surface area contributed by atoms with Crippen LogP contribution in [0.25, 0.3) is 11.2 Å². The molecule has 0 unspecified atom stereocenters. The number of nitrogens with one attached hydrogen (secondary N) is 1. The van der Waals surface area contributed by atoms with E-state index in [1.165, 1.54) is 23.2 Å². The van der Waals surface area contributed by atoms with E-state index in [-0.39, 0.29) is 34.9 Å². The summed E-state index contributed by atoms with van der Waals surface area (Å²) in [6, 6.07) is 3.68. The van der Waals surface area contributed by atoms with Gasteiger partial charge in [0.1, 0.15) is 6.54 Å². The van der Waals surface area contributed by atoms with Gasteiger partial charge in [-0.1, -0.05) is 6.07 Å². The van der Waals surface area contributed by atoms with Gasteiger partial charge in [-0.25, -0.2) is 4.79 Å². The van der Waals surface area contributed by atoms with Gasteiger partial charge in [0, 0.05) is 19.0 Å². The van der Waals surface area contributed by atoms with Gasteiger partial charge in [-0.2, -0.15) is 4.98 Å². The second-order valence-corrected chi connectivity index (χ2v) is 6.97. The molecule has 8 nitrogen and oxygen atoms in total. The van der Waals surface area contributed by atoms with E-state index in [4.69, 9.17) is 11.6 Å². The van der Waals surface area contributed by atoms with Crippen molar-refractivity contribution in [2.45, 2.75) is 19.5 Å². The Labute approximate surface area is 151 Å². The number of hydrogen-bond acceptors (Lipinski definition) is 5. The minimum absolute atomic E-state index is 0.0211. The maximum atomic E-state index is 12.4. The van der Waals surface area contributed by atoms with E-state index < -0.39 is 11.2 Å². The molecule has 1 amide bonds. The van der Waals surface area contributed by atoms with E-state index in [2.05, 4.69) is 10.3 Å². The summed E-state index contributed by atoms with van der Waals surface area (Å²) in [6.07, 6.45) is 0. The molecule has 0 spiro atoms. The fourth-order valence-corrected chi connectivity index (χ4v) is 3.56. The first-order valence-electron chi connectivity index (χ1n) is 7.45. The van der Waals surface area contributed by atoms with Crippen molar-refractivity contribution in [3.05, 3.63) is 48.5 Å². The van der Waals surface area contributed by atoms with Gasteiger partial charge < -0.3 is 5.32 Å². The first-order valence-corrected chi connectivity index (χ1v) is 8.71. The zero-order valence-corrected chi connectivity index (χ0v) is 15.4. The van der Waals surface area contributed by atoms with Gasteiger partial charge in [0.25, 0.3) is 5.56 Å². The zero-order valence-electron chi connectivity index (χ0n) is 13.8. The van der Waals surface area contributed by atoms with Crippen LogP contribution in [-0.4, -0.2) is 24.6 Å². The molecule has 0 aliphatic carbocycles. The summed E-state index contributed by atoms with van der Waals surface area (Å²) in [4.78, 5) is 41.9. The molecule has 1 atom stereocenters. The molecule has 10 heteroatoms. The summed E-state index contributed by atoms with van der Waals surface area (Å²) in [5.41, 5.74) is -0.781. The van der Waals surface area contributed by atoms with E-state index in [1.807, 2.05) is 24.4 Å². The smallest absolute Gasteiger partial charge is 0.332 e. The van der Waals surface area contributed by atoms with Gasteiger partial charge in [0.2, 0.25) is 11.2 Å². The fraction of sp³-hybridized carbons (Fsp3) is 0.333. The van der Waals surface area contributed by atoms with Gasteiger partial charge in [0.15, 0.2) is 11.2 Å². The predicted molar refractivity (Wildman–Crippen MR) is 96.1 cm³/mol. The Kier molecular flexibility index (Phi) is 4.53. The third kappa shape index (κ3) is 3.00. The Bertz CT molecular complexity index is 1060. The molecule has 0 aliphatic rings. The molecule has 0 saturated carbocycles. The molecule has 0 radical (unpaired) electrons. The maximum absolute atomic E-state index is 12.4. The van der Waals surface area contributed by atoms with Crippen LogP contribution < -0.4 is 16.6 Å². The molecule has 0 saturated heterocycles. The summed E-state index contributed by atoms with van der Waals surface area (Å²) in [6.45, 7) is 1.71. The lowest BCUT2D eigenvalue weighted by Crippen LogP contribution is -2.38. The lowest BCUT2D eigenvalue weighted by Gasteiger charge is -2.13. The summed E-state index contributed by atoms with van der Waals surface area (Å²) in [5, 5.41) is 4.77. The van der Waals surface area contributed by atoms with Crippen LogP contribution in [0.5, 0.6) is 0 Å². The van der Waals surface area contributed by atoms with Crippen molar-refractivity contribution in [2.75, 3.05) is 0 Å². The first kappa shape index (κ1) is 17.4. The molecular weight excluding hydrogens is 366 g/mol. The highest BCUT2D eigenvalue weighted by atomic mass is 35.5. The SMILES string of the molecule is C[C@@H](NC(=O)Cn1c(Cl)nc2c1c(=O)n(C)c(=O)n2C)c1cccs1. The van der Waals surface area contributed by atoms with Crippen molar-refractivity contribution in [1.29, 1.82) is 0 Å². The minimum Gasteiger partial charge on any atom is -0.347 e. The van der Waals surface area contributed by atoms with E-state index in [1.54, 1.807) is 11.3 Å². The van der Waals surface area contributed by atoms with Gasteiger partial charge >= 0.3 is 5.69 Å². The molecule has 0 fully saturated rings. The highest BCUT2D eigenvalue weighted by Gasteiger charge is 2.20. The number of thiophene rings is 1. The van der Waals surface area contributed by atoms with E-state index >= 15 is 0 Å². The molecule has 25 heavy (non-hydrogen) atoms. The van der Waals surface area contributed by atoms with Crippen molar-refractivity contribution in [2.24, 2.45) is 14.1 Å². The predicted octanol–water partition coefficient (Wildman–Crippen LogP) is 1.03. The lowest BCUT2D eigenvalue weighted by molar-refractivity contribution is -0.122. The molecule has 0 aromatic carbocycles. The standard InChI is InChI=1S/C15H16ClN5O3S/c1-8(9-5-4-6-25-9)17-10(22)7-21-11-12(18-14(21)16)19(2)15(24)20(3)13(11)23/h4-6,8H,7H2,1-3H3,(H,17,22)/t8-/m1/s1. The molecule has 132 valence electrons. The maximum Gasteiger partial charge on any atom is 0.332 e. The summed E-state index contributed by atoms with van der Waals surface area (Å²) in [5.74, 6) is -0.307. The van der Waals surface area contributed by atoms with Crippen LogP contribution in [0.3, 0.4) is 0 Å². The number of amides is 1. The third-order valence-corrected chi connectivity index (χ3v) is 5.29. The number of hydrogen-bond donors (Lipinski definition) is 1. The number of nitrogens with zero attached hydrogens (tertiary/aromatic N) is 4. The average molecular weight is 382 g/mol. The fourth-order valence-electron chi connectivity index (χ4n) is 2.60. The summed E-state index contributed by atoms with van der Waals surface area (Å²) >= 11 is 7.65. The minimum atomic E-state index is -0.545.